The molecule has 0 aliphatic heterocycles. The first kappa shape index (κ1) is 16.8. The molecule has 0 bridgehead atoms. The van der Waals surface area contributed by atoms with Gasteiger partial charge in [0.2, 0.25) is 5.91 Å². The molecule has 1 aromatic heterocycles. The number of nitrogens with zero attached hydrogens (tertiary/aromatic N) is 1. The van der Waals surface area contributed by atoms with Gasteiger partial charge >= 0.3 is 0 Å². The van der Waals surface area contributed by atoms with E-state index in [2.05, 4.69) is 10.3 Å². The molecule has 1 heterocycles. The van der Waals surface area contributed by atoms with Crippen LogP contribution in [0, 0.1) is 0 Å². The lowest BCUT2D eigenvalue weighted by atomic mass is 9.84. The first-order chi connectivity index (χ1) is 11.7. The van der Waals surface area contributed by atoms with Crippen molar-refractivity contribution in [3.63, 3.8) is 0 Å². The standard InChI is InChI=1S/C19H22N2O2S/c22-16-10-11-18(20-12-16)14-6-8-15(9-7-14)21-19(23)13-24-17-4-2-1-3-5-17/h1-5,10-12,14-15,22H,6-9,13H2,(H,21,23). The molecule has 126 valence electrons. The second kappa shape index (κ2) is 8.20. The molecular weight excluding hydrogens is 320 g/mol. The smallest absolute Gasteiger partial charge is 0.230 e. The quantitative estimate of drug-likeness (QED) is 0.813. The number of pyridine rings is 1. The molecule has 1 amide bonds. The Labute approximate surface area is 146 Å². The largest absolute Gasteiger partial charge is 0.506 e. The number of thioether (sulfide) groups is 1. The van der Waals surface area contributed by atoms with Gasteiger partial charge in [0.15, 0.2) is 0 Å². The first-order valence-electron chi connectivity index (χ1n) is 8.33. The van der Waals surface area contributed by atoms with Crippen molar-refractivity contribution in [3.8, 4) is 5.75 Å². The van der Waals surface area contributed by atoms with Crippen molar-refractivity contribution >= 4 is 17.7 Å². The van der Waals surface area contributed by atoms with E-state index >= 15 is 0 Å². The van der Waals surface area contributed by atoms with E-state index in [1.807, 2.05) is 36.4 Å². The number of aromatic nitrogens is 1. The molecular formula is C19H22N2O2S. The van der Waals surface area contributed by atoms with Crippen molar-refractivity contribution in [2.24, 2.45) is 0 Å². The van der Waals surface area contributed by atoms with Crippen molar-refractivity contribution in [2.45, 2.75) is 42.5 Å². The SMILES string of the molecule is O=C(CSc1ccccc1)NC1CCC(c2ccc(O)cn2)CC1. The highest BCUT2D eigenvalue weighted by molar-refractivity contribution is 8.00. The minimum Gasteiger partial charge on any atom is -0.506 e. The molecule has 0 unspecified atom stereocenters. The Morgan fingerprint density at radius 2 is 1.88 bits per heavy atom. The van der Waals surface area contributed by atoms with E-state index < -0.39 is 0 Å². The predicted molar refractivity (Wildman–Crippen MR) is 96.2 cm³/mol. The molecule has 4 nitrogen and oxygen atoms in total. The fourth-order valence-corrected chi connectivity index (χ4v) is 3.84. The molecule has 1 aromatic carbocycles. The van der Waals surface area contributed by atoms with Gasteiger partial charge in [0, 0.05) is 22.5 Å². The zero-order valence-electron chi connectivity index (χ0n) is 13.5. The Balaban J connectivity index is 1.41. The Morgan fingerprint density at radius 1 is 1.12 bits per heavy atom. The van der Waals surface area contributed by atoms with E-state index in [1.54, 1.807) is 17.8 Å². The summed E-state index contributed by atoms with van der Waals surface area (Å²) < 4.78 is 0. The van der Waals surface area contributed by atoms with E-state index in [-0.39, 0.29) is 17.7 Å². The summed E-state index contributed by atoms with van der Waals surface area (Å²) in [4.78, 5) is 17.5. The number of benzene rings is 1. The van der Waals surface area contributed by atoms with E-state index in [1.165, 1.54) is 6.20 Å². The van der Waals surface area contributed by atoms with Gasteiger partial charge in [0.05, 0.1) is 11.9 Å². The van der Waals surface area contributed by atoms with Crippen LogP contribution in [0.4, 0.5) is 0 Å². The maximum atomic E-state index is 12.1. The van der Waals surface area contributed by atoms with E-state index in [0.29, 0.717) is 11.7 Å². The topological polar surface area (TPSA) is 62.2 Å². The Kier molecular flexibility index (Phi) is 5.75. The van der Waals surface area contributed by atoms with Gasteiger partial charge < -0.3 is 10.4 Å². The zero-order valence-corrected chi connectivity index (χ0v) is 14.3. The van der Waals surface area contributed by atoms with Gasteiger partial charge in [0.25, 0.3) is 0 Å². The number of hydrogen-bond acceptors (Lipinski definition) is 4. The van der Waals surface area contributed by atoms with Crippen LogP contribution in [-0.4, -0.2) is 27.8 Å². The van der Waals surface area contributed by atoms with E-state index in [0.717, 1.165) is 36.3 Å². The van der Waals surface area contributed by atoms with Crippen molar-refractivity contribution in [1.82, 2.24) is 10.3 Å². The molecule has 3 rings (SSSR count). The summed E-state index contributed by atoms with van der Waals surface area (Å²) in [5, 5.41) is 12.5. The maximum Gasteiger partial charge on any atom is 0.230 e. The first-order valence-corrected chi connectivity index (χ1v) is 9.31. The minimum absolute atomic E-state index is 0.107. The summed E-state index contributed by atoms with van der Waals surface area (Å²) in [6, 6.07) is 13.8. The van der Waals surface area contributed by atoms with Gasteiger partial charge in [-0.25, -0.2) is 0 Å². The van der Waals surface area contributed by atoms with Crippen LogP contribution in [0.2, 0.25) is 0 Å². The third-order valence-electron chi connectivity index (χ3n) is 4.39. The predicted octanol–water partition coefficient (Wildman–Crippen LogP) is 3.72. The van der Waals surface area contributed by atoms with Crippen LogP contribution in [0.25, 0.3) is 0 Å². The van der Waals surface area contributed by atoms with Crippen LogP contribution in [0.1, 0.15) is 37.3 Å². The van der Waals surface area contributed by atoms with Crippen molar-refractivity contribution < 1.29 is 9.90 Å². The number of aromatic hydroxyl groups is 1. The second-order valence-corrected chi connectivity index (χ2v) is 7.21. The third kappa shape index (κ3) is 4.74. The van der Waals surface area contributed by atoms with Crippen LogP contribution in [-0.2, 0) is 4.79 Å². The molecule has 1 aliphatic carbocycles. The number of nitrogens with one attached hydrogen (secondary N) is 1. The van der Waals surface area contributed by atoms with Gasteiger partial charge in [-0.2, -0.15) is 0 Å². The van der Waals surface area contributed by atoms with Gasteiger partial charge in [-0.05, 0) is 49.9 Å². The van der Waals surface area contributed by atoms with Crippen LogP contribution in [0.5, 0.6) is 5.75 Å². The van der Waals surface area contributed by atoms with Gasteiger partial charge in [-0.15, -0.1) is 11.8 Å². The second-order valence-electron chi connectivity index (χ2n) is 6.16. The molecule has 24 heavy (non-hydrogen) atoms. The molecule has 1 aliphatic rings. The van der Waals surface area contributed by atoms with Crippen molar-refractivity contribution in [3.05, 3.63) is 54.4 Å². The zero-order chi connectivity index (χ0) is 16.8. The fraction of sp³-hybridized carbons (Fsp3) is 0.368. The molecule has 2 N–H and O–H groups in total. The monoisotopic (exact) mass is 342 g/mol. The van der Waals surface area contributed by atoms with Gasteiger partial charge in [0.1, 0.15) is 5.75 Å². The highest BCUT2D eigenvalue weighted by Gasteiger charge is 2.24. The molecule has 0 spiro atoms. The fourth-order valence-electron chi connectivity index (χ4n) is 3.11. The summed E-state index contributed by atoms with van der Waals surface area (Å²) in [5.41, 5.74) is 1.04. The summed E-state index contributed by atoms with van der Waals surface area (Å²) in [6.07, 6.45) is 5.51. The summed E-state index contributed by atoms with van der Waals surface area (Å²) >= 11 is 1.57. The Hall–Kier alpha value is -2.01. The molecule has 0 atom stereocenters. The van der Waals surface area contributed by atoms with E-state index in [9.17, 15) is 9.90 Å². The van der Waals surface area contributed by atoms with Gasteiger partial charge in [-0.3, -0.25) is 9.78 Å². The number of carbonyl (C=O) groups excluding carboxylic acids is 1. The number of hydrogen-bond donors (Lipinski definition) is 2. The Morgan fingerprint density at radius 3 is 2.54 bits per heavy atom. The van der Waals surface area contributed by atoms with Crippen molar-refractivity contribution in [1.29, 1.82) is 0 Å². The summed E-state index contributed by atoms with van der Waals surface area (Å²) in [5.74, 6) is 1.20. The lowest BCUT2D eigenvalue weighted by molar-refractivity contribution is -0.119. The lowest BCUT2D eigenvalue weighted by Gasteiger charge is -2.28. The van der Waals surface area contributed by atoms with Gasteiger partial charge in [-0.1, -0.05) is 18.2 Å². The molecule has 5 heteroatoms. The lowest BCUT2D eigenvalue weighted by Crippen LogP contribution is -2.38. The van der Waals surface area contributed by atoms with Crippen molar-refractivity contribution in [2.75, 3.05) is 5.75 Å². The number of carbonyl (C=O) groups is 1. The average Bonchev–Trinajstić information content (AvgIpc) is 2.62. The highest BCUT2D eigenvalue weighted by Crippen LogP contribution is 2.32. The van der Waals surface area contributed by atoms with Crippen LogP contribution < -0.4 is 5.32 Å². The molecule has 1 fully saturated rings. The molecule has 0 saturated heterocycles. The molecule has 0 radical (unpaired) electrons. The van der Waals surface area contributed by atoms with Crippen LogP contribution in [0.3, 0.4) is 0 Å². The van der Waals surface area contributed by atoms with E-state index in [4.69, 9.17) is 0 Å². The summed E-state index contributed by atoms with van der Waals surface area (Å²) in [7, 11) is 0. The normalized spacial score (nSPS) is 20.5. The van der Waals surface area contributed by atoms with Crippen LogP contribution in [0.15, 0.2) is 53.6 Å². The third-order valence-corrected chi connectivity index (χ3v) is 5.41. The minimum atomic E-state index is 0.107. The summed E-state index contributed by atoms with van der Waals surface area (Å²) in [6.45, 7) is 0. The maximum absolute atomic E-state index is 12.1. The highest BCUT2D eigenvalue weighted by atomic mass is 32.2. The van der Waals surface area contributed by atoms with Crippen LogP contribution >= 0.6 is 11.8 Å². The number of amides is 1. The molecule has 1 saturated carbocycles. The number of rotatable bonds is 5. The molecule has 2 aromatic rings. The average molecular weight is 342 g/mol. The Bertz CT molecular complexity index is 653.